The number of rotatable bonds is 10. The maximum absolute atomic E-state index is 14.1. The molecule has 2 fully saturated rings. The molecule has 2 aliphatic carbocycles. The minimum Gasteiger partial charge on any atom is -0.459 e. The smallest absolute Gasteiger partial charge is 0.314 e. The largest absolute Gasteiger partial charge is 0.459 e. The lowest BCUT2D eigenvalue weighted by atomic mass is 9.66. The Balaban J connectivity index is 1.86. The van der Waals surface area contributed by atoms with E-state index in [1.165, 1.54) is 12.0 Å². The van der Waals surface area contributed by atoms with Crippen LogP contribution >= 0.6 is 0 Å². The number of ether oxygens (including phenoxy) is 2. The molecule has 4 rings (SSSR count). The Hall–Kier alpha value is -2.17. The van der Waals surface area contributed by atoms with Gasteiger partial charge >= 0.3 is 5.97 Å². The van der Waals surface area contributed by atoms with Crippen molar-refractivity contribution < 1.29 is 14.3 Å². The molecule has 0 heterocycles. The van der Waals surface area contributed by atoms with E-state index in [9.17, 15) is 4.79 Å². The van der Waals surface area contributed by atoms with Crippen molar-refractivity contribution >= 4 is 5.97 Å². The first-order chi connectivity index (χ1) is 17.9. The van der Waals surface area contributed by atoms with Gasteiger partial charge in [-0.3, -0.25) is 9.69 Å². The highest BCUT2D eigenvalue weighted by Crippen LogP contribution is 2.67. The maximum atomic E-state index is 14.1. The molecule has 2 aliphatic rings. The Labute approximate surface area is 231 Å². The average molecular weight is 520 g/mol. The minimum atomic E-state index is -0.733. The van der Waals surface area contributed by atoms with E-state index in [1.54, 1.807) is 0 Å². The lowest BCUT2D eigenvalue weighted by Gasteiger charge is -2.50. The molecular formula is C34H49NO3. The first kappa shape index (κ1) is 28.8. The van der Waals surface area contributed by atoms with Crippen molar-refractivity contribution in [3.05, 3.63) is 71.8 Å². The number of hydrogen-bond donors (Lipinski definition) is 0. The molecule has 0 N–H and O–H groups in total. The number of carbonyl (C=O) groups excluding carboxylic acids is 1. The van der Waals surface area contributed by atoms with Gasteiger partial charge in [0.2, 0.25) is 0 Å². The zero-order chi connectivity index (χ0) is 27.8. The molecule has 208 valence electrons. The number of methoxy groups -OCH3 is 1. The van der Waals surface area contributed by atoms with Gasteiger partial charge in [-0.05, 0) is 75.8 Å². The van der Waals surface area contributed by atoms with Crippen LogP contribution in [0.1, 0.15) is 91.3 Å². The van der Waals surface area contributed by atoms with Crippen molar-refractivity contribution in [2.45, 2.75) is 98.4 Å². The molecule has 0 unspecified atom stereocenters. The van der Waals surface area contributed by atoms with Crippen LogP contribution < -0.4 is 0 Å². The summed E-state index contributed by atoms with van der Waals surface area (Å²) >= 11 is 0. The van der Waals surface area contributed by atoms with E-state index >= 15 is 0 Å². The van der Waals surface area contributed by atoms with Gasteiger partial charge in [-0.15, -0.1) is 0 Å². The van der Waals surface area contributed by atoms with Crippen molar-refractivity contribution in [1.29, 1.82) is 0 Å². The monoisotopic (exact) mass is 519 g/mol. The van der Waals surface area contributed by atoms with E-state index in [2.05, 4.69) is 93.3 Å². The van der Waals surface area contributed by atoms with Crippen molar-refractivity contribution in [1.82, 2.24) is 4.90 Å². The second-order valence-corrected chi connectivity index (χ2v) is 13.6. The number of fused-ring (bicyclic) bond motifs is 2. The predicted octanol–water partition coefficient (Wildman–Crippen LogP) is 7.83. The zero-order valence-electron chi connectivity index (χ0n) is 24.9. The van der Waals surface area contributed by atoms with Crippen LogP contribution in [-0.2, 0) is 20.8 Å². The van der Waals surface area contributed by atoms with Gasteiger partial charge in [0.1, 0.15) is 5.60 Å². The third-order valence-electron chi connectivity index (χ3n) is 10.0. The number of benzene rings is 2. The number of esters is 1. The molecule has 5 atom stereocenters. The molecule has 0 saturated heterocycles. The first-order valence-corrected chi connectivity index (χ1v) is 14.5. The van der Waals surface area contributed by atoms with Crippen LogP contribution in [0.25, 0.3) is 0 Å². The Bertz CT molecular complexity index is 1080. The Morgan fingerprint density at radius 2 is 1.63 bits per heavy atom. The molecule has 2 bridgehead atoms. The number of nitrogens with zero attached hydrogens (tertiary/aromatic N) is 1. The molecule has 0 spiro atoms. The summed E-state index contributed by atoms with van der Waals surface area (Å²) in [7, 11) is 1.89. The minimum absolute atomic E-state index is 0.0246. The molecule has 0 aromatic heterocycles. The first-order valence-electron chi connectivity index (χ1n) is 14.5. The summed E-state index contributed by atoms with van der Waals surface area (Å²) in [5, 5.41) is 0. The second-order valence-electron chi connectivity index (χ2n) is 13.6. The Morgan fingerprint density at radius 1 is 1.03 bits per heavy atom. The van der Waals surface area contributed by atoms with Crippen LogP contribution in [0.5, 0.6) is 0 Å². The van der Waals surface area contributed by atoms with Crippen molar-refractivity contribution in [2.75, 3.05) is 13.7 Å². The normalized spacial score (nSPS) is 26.8. The van der Waals surface area contributed by atoms with Gasteiger partial charge in [0.15, 0.2) is 0 Å². The van der Waals surface area contributed by atoms with Crippen LogP contribution in [0.3, 0.4) is 0 Å². The van der Waals surface area contributed by atoms with Gasteiger partial charge < -0.3 is 9.47 Å². The summed E-state index contributed by atoms with van der Waals surface area (Å²) in [6, 6.07) is 21.2. The molecule has 2 aromatic carbocycles. The van der Waals surface area contributed by atoms with Gasteiger partial charge in [0, 0.05) is 25.6 Å². The van der Waals surface area contributed by atoms with E-state index in [-0.39, 0.29) is 28.9 Å². The summed E-state index contributed by atoms with van der Waals surface area (Å²) in [5.41, 5.74) is 1.32. The summed E-state index contributed by atoms with van der Waals surface area (Å²) < 4.78 is 12.3. The zero-order valence-corrected chi connectivity index (χ0v) is 24.9. The summed E-state index contributed by atoms with van der Waals surface area (Å²) in [5.74, 6) is 0.541. The third kappa shape index (κ3) is 5.19. The van der Waals surface area contributed by atoms with Crippen molar-refractivity contribution in [3.8, 4) is 0 Å². The fourth-order valence-corrected chi connectivity index (χ4v) is 7.58. The number of hydrogen-bond acceptors (Lipinski definition) is 4. The third-order valence-corrected chi connectivity index (χ3v) is 10.0. The van der Waals surface area contributed by atoms with E-state index in [0.717, 1.165) is 31.5 Å². The Morgan fingerprint density at radius 3 is 2.16 bits per heavy atom. The van der Waals surface area contributed by atoms with Gasteiger partial charge in [-0.25, -0.2) is 0 Å². The molecule has 0 radical (unpaired) electrons. The van der Waals surface area contributed by atoms with Crippen LogP contribution in [0.4, 0.5) is 0 Å². The van der Waals surface area contributed by atoms with E-state index in [1.807, 2.05) is 27.9 Å². The molecule has 0 amide bonds. The van der Waals surface area contributed by atoms with Crippen molar-refractivity contribution in [3.63, 3.8) is 0 Å². The predicted molar refractivity (Wildman–Crippen MR) is 155 cm³/mol. The second kappa shape index (κ2) is 10.8. The van der Waals surface area contributed by atoms with Gasteiger partial charge in [0.25, 0.3) is 0 Å². The fraction of sp³-hybridized carbons (Fsp3) is 0.618. The van der Waals surface area contributed by atoms with E-state index < -0.39 is 11.0 Å². The molecular weight excluding hydrogens is 470 g/mol. The quantitative estimate of drug-likeness (QED) is 0.300. The molecule has 2 saturated carbocycles. The molecule has 0 aliphatic heterocycles. The standard InChI is InChI=1S/C34H49NO3/c1-9-33(7,30(36)38-31(2,3)4)29(26-18-14-11-15-19-26)35(23-25-16-12-10-13-17-25)24-34-21-20-27(32(34,5)6)22-28(34)37-8/h10-19,27-29H,9,20-24H2,1-8H3/t27-,28+,29+,33+,34-/m0/s1. The molecule has 38 heavy (non-hydrogen) atoms. The van der Waals surface area contributed by atoms with Crippen molar-refractivity contribution in [2.24, 2.45) is 22.2 Å². The highest BCUT2D eigenvalue weighted by atomic mass is 16.6. The molecule has 4 nitrogen and oxygen atoms in total. The van der Waals surface area contributed by atoms with E-state index in [4.69, 9.17) is 9.47 Å². The lowest BCUT2D eigenvalue weighted by molar-refractivity contribution is -0.173. The number of carbonyl (C=O) groups is 1. The van der Waals surface area contributed by atoms with Gasteiger partial charge in [-0.2, -0.15) is 0 Å². The lowest BCUT2D eigenvalue weighted by Crippen LogP contribution is -2.53. The molecule has 2 aromatic rings. The van der Waals surface area contributed by atoms with Crippen LogP contribution in [0, 0.1) is 22.2 Å². The highest BCUT2D eigenvalue weighted by Gasteiger charge is 2.65. The van der Waals surface area contributed by atoms with Crippen LogP contribution in [0.15, 0.2) is 60.7 Å². The van der Waals surface area contributed by atoms with Crippen LogP contribution in [-0.4, -0.2) is 36.2 Å². The summed E-state index contributed by atoms with van der Waals surface area (Å²) in [4.78, 5) is 16.6. The SMILES string of the molecule is CC[C@@](C)(C(=O)OC(C)(C)C)[C@@H](c1ccccc1)N(Cc1ccccc1)C[C@@]12CC[C@@H](C[C@H]1OC)C2(C)C. The molecule has 4 heteroatoms. The summed E-state index contributed by atoms with van der Waals surface area (Å²) in [6.07, 6.45) is 4.43. The van der Waals surface area contributed by atoms with Gasteiger partial charge in [-0.1, -0.05) is 81.4 Å². The average Bonchev–Trinajstić information content (AvgIpc) is 3.24. The maximum Gasteiger partial charge on any atom is 0.314 e. The van der Waals surface area contributed by atoms with Crippen LogP contribution in [0.2, 0.25) is 0 Å². The fourth-order valence-electron chi connectivity index (χ4n) is 7.58. The Kier molecular flexibility index (Phi) is 8.17. The highest BCUT2D eigenvalue weighted by molar-refractivity contribution is 5.78. The topological polar surface area (TPSA) is 38.8 Å². The van der Waals surface area contributed by atoms with Gasteiger partial charge in [0.05, 0.1) is 17.6 Å². The summed E-state index contributed by atoms with van der Waals surface area (Å²) in [6.45, 7) is 16.7. The van der Waals surface area contributed by atoms with E-state index in [0.29, 0.717) is 12.3 Å².